The molecule has 1 heterocycles. The van der Waals surface area contributed by atoms with Gasteiger partial charge in [0.25, 0.3) is 0 Å². The number of anilines is 1. The molecule has 1 fully saturated rings. The molecule has 2 N–H and O–H groups in total. The van der Waals surface area contributed by atoms with Gasteiger partial charge in [0, 0.05) is 12.6 Å². The van der Waals surface area contributed by atoms with Gasteiger partial charge in [0.2, 0.25) is 5.95 Å². The fourth-order valence-corrected chi connectivity index (χ4v) is 2.00. The highest BCUT2D eigenvalue weighted by atomic mass is 16.5. The minimum atomic E-state index is 0.607. The van der Waals surface area contributed by atoms with Crippen LogP contribution in [-0.4, -0.2) is 16.7 Å². The summed E-state index contributed by atoms with van der Waals surface area (Å²) in [5.74, 6) is 2.24. The number of ether oxygens (including phenoxy) is 1. The second kappa shape index (κ2) is 3.40. The lowest BCUT2D eigenvalue weighted by atomic mass is 10.3. The van der Waals surface area contributed by atoms with Gasteiger partial charge >= 0.3 is 0 Å². The van der Waals surface area contributed by atoms with Gasteiger partial charge in [0.1, 0.15) is 5.75 Å². The second-order valence-electron chi connectivity index (χ2n) is 4.38. The fourth-order valence-electron chi connectivity index (χ4n) is 2.00. The Morgan fingerprint density at radius 3 is 3.00 bits per heavy atom. The highest BCUT2D eigenvalue weighted by Gasteiger charge is 2.23. The van der Waals surface area contributed by atoms with Crippen LogP contribution in [0.2, 0.25) is 0 Å². The van der Waals surface area contributed by atoms with Crippen molar-refractivity contribution in [3.63, 3.8) is 0 Å². The van der Waals surface area contributed by atoms with E-state index >= 15 is 0 Å². The Kier molecular flexibility index (Phi) is 2.02. The molecule has 0 atom stereocenters. The third kappa shape index (κ3) is 1.50. The van der Waals surface area contributed by atoms with Crippen LogP contribution < -0.4 is 10.5 Å². The highest BCUT2D eigenvalue weighted by molar-refractivity contribution is 5.79. The van der Waals surface area contributed by atoms with Gasteiger partial charge in [0.05, 0.1) is 18.1 Å². The topological polar surface area (TPSA) is 53.1 Å². The molecule has 1 saturated carbocycles. The summed E-state index contributed by atoms with van der Waals surface area (Å²) in [5, 5.41) is 0. The van der Waals surface area contributed by atoms with E-state index < -0.39 is 0 Å². The molecule has 4 nitrogen and oxygen atoms in total. The SMILES string of the molecule is COc1ccc2nc(N)n(CC3CC3)c2c1. The lowest BCUT2D eigenvalue weighted by Gasteiger charge is -2.05. The van der Waals surface area contributed by atoms with E-state index in [1.165, 1.54) is 12.8 Å². The van der Waals surface area contributed by atoms with Crippen LogP contribution in [0.25, 0.3) is 11.0 Å². The third-order valence-corrected chi connectivity index (χ3v) is 3.12. The number of aromatic nitrogens is 2. The molecule has 0 unspecified atom stereocenters. The average Bonchev–Trinajstić information content (AvgIpc) is 3.05. The predicted molar refractivity (Wildman–Crippen MR) is 63.4 cm³/mol. The van der Waals surface area contributed by atoms with Crippen LogP contribution in [0.4, 0.5) is 5.95 Å². The maximum absolute atomic E-state index is 5.93. The third-order valence-electron chi connectivity index (χ3n) is 3.12. The van der Waals surface area contributed by atoms with Crippen molar-refractivity contribution in [2.45, 2.75) is 19.4 Å². The Balaban J connectivity index is 2.11. The van der Waals surface area contributed by atoms with Crippen LogP contribution in [0.3, 0.4) is 0 Å². The maximum atomic E-state index is 5.93. The van der Waals surface area contributed by atoms with Crippen molar-refractivity contribution in [3.05, 3.63) is 18.2 Å². The summed E-state index contributed by atoms with van der Waals surface area (Å²) in [6, 6.07) is 5.87. The molecule has 4 heteroatoms. The molecule has 3 rings (SSSR count). The van der Waals surface area contributed by atoms with Crippen molar-refractivity contribution in [2.24, 2.45) is 5.92 Å². The van der Waals surface area contributed by atoms with Gasteiger partial charge in [0.15, 0.2) is 0 Å². The van der Waals surface area contributed by atoms with Crippen molar-refractivity contribution >= 4 is 17.0 Å². The molecule has 1 aromatic heterocycles. The molecule has 0 bridgehead atoms. The number of fused-ring (bicyclic) bond motifs is 1. The quantitative estimate of drug-likeness (QED) is 0.856. The first-order valence-corrected chi connectivity index (χ1v) is 5.57. The average molecular weight is 217 g/mol. The summed E-state index contributed by atoms with van der Waals surface area (Å²) in [5.41, 5.74) is 7.95. The molecular formula is C12H15N3O. The molecule has 0 amide bonds. The molecule has 0 aliphatic heterocycles. The molecule has 0 radical (unpaired) electrons. The summed E-state index contributed by atoms with van der Waals surface area (Å²) < 4.78 is 7.32. The van der Waals surface area contributed by atoms with E-state index in [-0.39, 0.29) is 0 Å². The Hall–Kier alpha value is -1.71. The number of imidazole rings is 1. The van der Waals surface area contributed by atoms with Crippen molar-refractivity contribution in [2.75, 3.05) is 12.8 Å². The van der Waals surface area contributed by atoms with Crippen molar-refractivity contribution in [1.82, 2.24) is 9.55 Å². The van der Waals surface area contributed by atoms with E-state index in [0.29, 0.717) is 5.95 Å². The highest BCUT2D eigenvalue weighted by Crippen LogP contribution is 2.33. The van der Waals surface area contributed by atoms with E-state index in [1.807, 2.05) is 18.2 Å². The normalized spacial score (nSPS) is 15.6. The number of nitrogen functional groups attached to an aromatic ring is 1. The van der Waals surface area contributed by atoms with Crippen LogP contribution in [0.1, 0.15) is 12.8 Å². The summed E-state index contributed by atoms with van der Waals surface area (Å²) in [6.07, 6.45) is 2.62. The van der Waals surface area contributed by atoms with Crippen molar-refractivity contribution in [3.8, 4) is 5.75 Å². The van der Waals surface area contributed by atoms with Gasteiger partial charge < -0.3 is 15.0 Å². The van der Waals surface area contributed by atoms with Crippen molar-refractivity contribution in [1.29, 1.82) is 0 Å². The zero-order valence-corrected chi connectivity index (χ0v) is 9.31. The van der Waals surface area contributed by atoms with Crippen LogP contribution in [0, 0.1) is 5.92 Å². The molecule has 1 aliphatic carbocycles. The first-order valence-electron chi connectivity index (χ1n) is 5.57. The standard InChI is InChI=1S/C12H15N3O/c1-16-9-4-5-10-11(6-9)15(12(13)14-10)7-8-2-3-8/h4-6,8H,2-3,7H2,1H3,(H2,13,14). The molecule has 2 aromatic rings. The summed E-state index contributed by atoms with van der Waals surface area (Å²) in [7, 11) is 1.67. The second-order valence-corrected chi connectivity index (χ2v) is 4.38. The summed E-state index contributed by atoms with van der Waals surface area (Å²) in [6.45, 7) is 0.982. The summed E-state index contributed by atoms with van der Waals surface area (Å²) >= 11 is 0. The summed E-state index contributed by atoms with van der Waals surface area (Å²) in [4.78, 5) is 4.35. The Morgan fingerprint density at radius 1 is 1.50 bits per heavy atom. The van der Waals surface area contributed by atoms with Gasteiger partial charge in [-0.25, -0.2) is 4.98 Å². The van der Waals surface area contributed by atoms with Gasteiger partial charge in [-0.3, -0.25) is 0 Å². The Morgan fingerprint density at radius 2 is 2.31 bits per heavy atom. The van der Waals surface area contributed by atoms with Gasteiger partial charge in [-0.2, -0.15) is 0 Å². The van der Waals surface area contributed by atoms with E-state index in [4.69, 9.17) is 10.5 Å². The van der Waals surface area contributed by atoms with Crippen LogP contribution in [0.15, 0.2) is 18.2 Å². The molecule has 0 spiro atoms. The molecule has 0 saturated heterocycles. The predicted octanol–water partition coefficient (Wildman–Crippen LogP) is 2.04. The molecule has 84 valence electrons. The molecular weight excluding hydrogens is 202 g/mol. The van der Waals surface area contributed by atoms with Crippen molar-refractivity contribution < 1.29 is 4.74 Å². The van der Waals surface area contributed by atoms with E-state index in [1.54, 1.807) is 7.11 Å². The lowest BCUT2D eigenvalue weighted by molar-refractivity contribution is 0.415. The van der Waals surface area contributed by atoms with E-state index in [9.17, 15) is 0 Å². The molecule has 1 aromatic carbocycles. The number of hydrogen-bond donors (Lipinski definition) is 1. The van der Waals surface area contributed by atoms with Crippen LogP contribution in [-0.2, 0) is 6.54 Å². The Labute approximate surface area is 94.0 Å². The first kappa shape index (κ1) is 9.51. The monoisotopic (exact) mass is 217 g/mol. The number of rotatable bonds is 3. The Bertz CT molecular complexity index is 528. The van der Waals surface area contributed by atoms with Gasteiger partial charge in [-0.05, 0) is 30.9 Å². The zero-order chi connectivity index (χ0) is 11.1. The minimum absolute atomic E-state index is 0.607. The maximum Gasteiger partial charge on any atom is 0.201 e. The molecule has 1 aliphatic rings. The number of benzene rings is 1. The molecule has 16 heavy (non-hydrogen) atoms. The number of hydrogen-bond acceptors (Lipinski definition) is 3. The van der Waals surface area contributed by atoms with Crippen LogP contribution >= 0.6 is 0 Å². The largest absolute Gasteiger partial charge is 0.497 e. The first-order chi connectivity index (χ1) is 7.78. The fraction of sp³-hybridized carbons (Fsp3) is 0.417. The van der Waals surface area contributed by atoms with E-state index in [2.05, 4.69) is 9.55 Å². The minimum Gasteiger partial charge on any atom is -0.497 e. The van der Waals surface area contributed by atoms with Crippen LogP contribution in [0.5, 0.6) is 5.75 Å². The van der Waals surface area contributed by atoms with Gasteiger partial charge in [-0.15, -0.1) is 0 Å². The number of methoxy groups -OCH3 is 1. The lowest BCUT2D eigenvalue weighted by Crippen LogP contribution is -2.04. The zero-order valence-electron chi connectivity index (χ0n) is 9.31. The number of nitrogens with two attached hydrogens (primary N) is 1. The number of nitrogens with zero attached hydrogens (tertiary/aromatic N) is 2. The van der Waals surface area contributed by atoms with Gasteiger partial charge in [-0.1, -0.05) is 0 Å². The van der Waals surface area contributed by atoms with E-state index in [0.717, 1.165) is 29.2 Å². The smallest absolute Gasteiger partial charge is 0.201 e.